The standard InChI is InChI=1S/C14H19N3O4/c1-14(2,3)17-13(21)16-10-6-4-9(5-7-10)12(20)15-8-11(18)19/h4-7H,8H2,1-3H3,(H,15,20)(H,18,19)(H2,16,17,21). The van der Waals surface area contributed by atoms with Crippen molar-refractivity contribution in [1.82, 2.24) is 10.6 Å². The molecule has 0 radical (unpaired) electrons. The molecule has 0 saturated carbocycles. The molecule has 0 heterocycles. The van der Waals surface area contributed by atoms with Crippen LogP contribution in [0.3, 0.4) is 0 Å². The summed E-state index contributed by atoms with van der Waals surface area (Å²) in [5.41, 5.74) is 0.505. The monoisotopic (exact) mass is 293 g/mol. The largest absolute Gasteiger partial charge is 0.480 e. The molecule has 3 amide bonds. The van der Waals surface area contributed by atoms with Crippen LogP contribution < -0.4 is 16.0 Å². The molecule has 0 unspecified atom stereocenters. The molecular formula is C14H19N3O4. The van der Waals surface area contributed by atoms with Gasteiger partial charge < -0.3 is 21.1 Å². The molecule has 1 rings (SSSR count). The Morgan fingerprint density at radius 1 is 1.10 bits per heavy atom. The van der Waals surface area contributed by atoms with E-state index in [-0.39, 0.29) is 11.6 Å². The zero-order chi connectivity index (χ0) is 16.0. The third kappa shape index (κ3) is 6.42. The van der Waals surface area contributed by atoms with Gasteiger partial charge in [-0.25, -0.2) is 4.79 Å². The second-order valence-electron chi connectivity index (χ2n) is 5.48. The molecule has 0 spiro atoms. The fourth-order valence-electron chi connectivity index (χ4n) is 1.47. The number of rotatable bonds is 4. The van der Waals surface area contributed by atoms with Crippen LogP contribution in [-0.2, 0) is 4.79 Å². The minimum absolute atomic E-state index is 0.318. The molecule has 1 aromatic rings. The predicted octanol–water partition coefficient (Wildman–Crippen LogP) is 1.42. The third-order valence-corrected chi connectivity index (χ3v) is 2.29. The van der Waals surface area contributed by atoms with Crippen LogP contribution in [0.25, 0.3) is 0 Å². The summed E-state index contributed by atoms with van der Waals surface area (Å²) in [5, 5.41) is 16.1. The molecule has 1 aromatic carbocycles. The molecule has 21 heavy (non-hydrogen) atoms. The maximum Gasteiger partial charge on any atom is 0.322 e. The Morgan fingerprint density at radius 2 is 1.67 bits per heavy atom. The van der Waals surface area contributed by atoms with Gasteiger partial charge in [0.15, 0.2) is 0 Å². The summed E-state index contributed by atoms with van der Waals surface area (Å²) in [5.74, 6) is -1.59. The molecule has 0 aromatic heterocycles. The number of amides is 3. The smallest absolute Gasteiger partial charge is 0.322 e. The Hall–Kier alpha value is -2.57. The van der Waals surface area contributed by atoms with Gasteiger partial charge in [0.2, 0.25) is 0 Å². The number of aliphatic carboxylic acids is 1. The van der Waals surface area contributed by atoms with Crippen LogP contribution >= 0.6 is 0 Å². The molecule has 7 nitrogen and oxygen atoms in total. The Labute approximate surface area is 122 Å². The van der Waals surface area contributed by atoms with Gasteiger partial charge in [-0.2, -0.15) is 0 Å². The van der Waals surface area contributed by atoms with Crippen molar-refractivity contribution < 1.29 is 19.5 Å². The molecule has 4 N–H and O–H groups in total. The first-order valence-corrected chi connectivity index (χ1v) is 6.36. The van der Waals surface area contributed by atoms with E-state index in [1.54, 1.807) is 12.1 Å². The highest BCUT2D eigenvalue weighted by molar-refractivity contribution is 5.96. The fourth-order valence-corrected chi connectivity index (χ4v) is 1.47. The number of carboxylic acids is 1. The predicted molar refractivity (Wildman–Crippen MR) is 78.3 cm³/mol. The van der Waals surface area contributed by atoms with Crippen LogP contribution in [0.15, 0.2) is 24.3 Å². The van der Waals surface area contributed by atoms with E-state index < -0.39 is 18.4 Å². The van der Waals surface area contributed by atoms with Crippen LogP contribution in [-0.4, -0.2) is 35.1 Å². The quantitative estimate of drug-likeness (QED) is 0.673. The first kappa shape index (κ1) is 16.5. The first-order valence-electron chi connectivity index (χ1n) is 6.36. The van der Waals surface area contributed by atoms with Gasteiger partial charge in [-0.1, -0.05) is 0 Å². The van der Waals surface area contributed by atoms with Gasteiger partial charge in [0, 0.05) is 16.8 Å². The highest BCUT2D eigenvalue weighted by Gasteiger charge is 2.13. The molecule has 0 aliphatic heterocycles. The normalized spacial score (nSPS) is 10.6. The van der Waals surface area contributed by atoms with Gasteiger partial charge in [-0.3, -0.25) is 9.59 Å². The second-order valence-corrected chi connectivity index (χ2v) is 5.48. The van der Waals surface area contributed by atoms with Crippen LogP contribution in [0.4, 0.5) is 10.5 Å². The maximum atomic E-state index is 11.7. The SMILES string of the molecule is CC(C)(C)NC(=O)Nc1ccc(C(=O)NCC(=O)O)cc1. The lowest BCUT2D eigenvalue weighted by Crippen LogP contribution is -2.43. The van der Waals surface area contributed by atoms with Gasteiger partial charge in [0.25, 0.3) is 5.91 Å². The van der Waals surface area contributed by atoms with E-state index in [4.69, 9.17) is 5.11 Å². The number of carbonyl (C=O) groups is 3. The van der Waals surface area contributed by atoms with Gasteiger partial charge in [-0.05, 0) is 45.0 Å². The summed E-state index contributed by atoms with van der Waals surface area (Å²) in [6.07, 6.45) is 0. The Balaban J connectivity index is 2.60. The van der Waals surface area contributed by atoms with E-state index in [2.05, 4.69) is 16.0 Å². The van der Waals surface area contributed by atoms with Crippen molar-refractivity contribution in [2.75, 3.05) is 11.9 Å². The van der Waals surface area contributed by atoms with Crippen molar-refractivity contribution in [3.63, 3.8) is 0 Å². The molecule has 0 saturated heterocycles. The van der Waals surface area contributed by atoms with Crippen molar-refractivity contribution in [3.05, 3.63) is 29.8 Å². The van der Waals surface area contributed by atoms with E-state index in [0.29, 0.717) is 11.3 Å². The van der Waals surface area contributed by atoms with Crippen LogP contribution in [0.1, 0.15) is 31.1 Å². The molecule has 0 fully saturated rings. The van der Waals surface area contributed by atoms with Crippen molar-refractivity contribution in [3.8, 4) is 0 Å². The lowest BCUT2D eigenvalue weighted by molar-refractivity contribution is -0.135. The van der Waals surface area contributed by atoms with Crippen molar-refractivity contribution in [1.29, 1.82) is 0 Å². The van der Waals surface area contributed by atoms with Crippen LogP contribution in [0.2, 0.25) is 0 Å². The van der Waals surface area contributed by atoms with Crippen molar-refractivity contribution >= 4 is 23.6 Å². The summed E-state index contributed by atoms with van der Waals surface area (Å²) in [6.45, 7) is 5.15. The zero-order valence-electron chi connectivity index (χ0n) is 12.2. The number of carbonyl (C=O) groups excluding carboxylic acids is 2. The lowest BCUT2D eigenvalue weighted by atomic mass is 10.1. The Morgan fingerprint density at radius 3 is 2.14 bits per heavy atom. The number of anilines is 1. The number of hydrogen-bond acceptors (Lipinski definition) is 3. The summed E-state index contributed by atoms with van der Waals surface area (Å²) in [7, 11) is 0. The number of carboxylic acid groups (broad SMARTS) is 1. The zero-order valence-corrected chi connectivity index (χ0v) is 12.2. The van der Waals surface area contributed by atoms with Gasteiger partial charge >= 0.3 is 12.0 Å². The Kier molecular flexibility index (Phi) is 5.29. The summed E-state index contributed by atoms with van der Waals surface area (Å²) >= 11 is 0. The van der Waals surface area contributed by atoms with Crippen molar-refractivity contribution in [2.24, 2.45) is 0 Å². The lowest BCUT2D eigenvalue weighted by Gasteiger charge is -2.20. The minimum Gasteiger partial charge on any atom is -0.480 e. The van der Waals surface area contributed by atoms with Crippen molar-refractivity contribution in [2.45, 2.75) is 26.3 Å². The van der Waals surface area contributed by atoms with E-state index in [1.165, 1.54) is 12.1 Å². The molecule has 0 bridgehead atoms. The average Bonchev–Trinajstić information content (AvgIpc) is 2.34. The van der Waals surface area contributed by atoms with Gasteiger partial charge in [0.1, 0.15) is 6.54 Å². The Bertz CT molecular complexity index is 532. The summed E-state index contributed by atoms with van der Waals surface area (Å²) < 4.78 is 0. The van der Waals surface area contributed by atoms with E-state index in [1.807, 2.05) is 20.8 Å². The number of hydrogen-bond donors (Lipinski definition) is 4. The molecule has 0 aliphatic carbocycles. The highest BCUT2D eigenvalue weighted by atomic mass is 16.4. The van der Waals surface area contributed by atoms with Gasteiger partial charge in [0.05, 0.1) is 0 Å². The first-order chi connectivity index (χ1) is 9.67. The fraction of sp³-hybridized carbons (Fsp3) is 0.357. The van der Waals surface area contributed by atoms with E-state index >= 15 is 0 Å². The molecule has 7 heteroatoms. The maximum absolute atomic E-state index is 11.7. The number of benzene rings is 1. The van der Waals surface area contributed by atoms with E-state index in [0.717, 1.165) is 0 Å². The van der Waals surface area contributed by atoms with Crippen LogP contribution in [0.5, 0.6) is 0 Å². The van der Waals surface area contributed by atoms with E-state index in [9.17, 15) is 14.4 Å². The molecule has 0 atom stereocenters. The molecular weight excluding hydrogens is 274 g/mol. The number of nitrogens with one attached hydrogen (secondary N) is 3. The summed E-state index contributed by atoms with van der Waals surface area (Å²) in [4.78, 5) is 33.6. The highest BCUT2D eigenvalue weighted by Crippen LogP contribution is 2.10. The average molecular weight is 293 g/mol. The molecule has 114 valence electrons. The second kappa shape index (κ2) is 6.74. The number of urea groups is 1. The summed E-state index contributed by atoms with van der Waals surface area (Å²) in [6, 6.07) is 5.80. The minimum atomic E-state index is -1.11. The third-order valence-electron chi connectivity index (χ3n) is 2.29. The van der Waals surface area contributed by atoms with Crippen LogP contribution in [0, 0.1) is 0 Å². The topological polar surface area (TPSA) is 108 Å². The molecule has 0 aliphatic rings. The van der Waals surface area contributed by atoms with Gasteiger partial charge in [-0.15, -0.1) is 0 Å².